The largest absolute Gasteiger partial charge is 0.256 e. The molecule has 32 heavy (non-hydrogen) atoms. The highest BCUT2D eigenvalue weighted by Crippen LogP contribution is 2.43. The van der Waals surface area contributed by atoms with Crippen molar-refractivity contribution >= 4 is 53.6 Å². The van der Waals surface area contributed by atoms with E-state index >= 15 is 0 Å². The molecule has 0 unspecified atom stereocenters. The van der Waals surface area contributed by atoms with Gasteiger partial charge in [-0.3, -0.25) is 4.98 Å². The molecule has 3 aromatic carbocycles. The molecular formula is C29H23NS2. The summed E-state index contributed by atoms with van der Waals surface area (Å²) in [6.07, 6.45) is 1.95. The third kappa shape index (κ3) is 3.24. The van der Waals surface area contributed by atoms with Gasteiger partial charge in [0, 0.05) is 36.3 Å². The zero-order valence-corrected chi connectivity index (χ0v) is 20.0. The number of nitrogens with zero attached hydrogens (tertiary/aromatic N) is 1. The van der Waals surface area contributed by atoms with Gasteiger partial charge < -0.3 is 0 Å². The Morgan fingerprint density at radius 2 is 1.38 bits per heavy atom. The van der Waals surface area contributed by atoms with E-state index < -0.39 is 0 Å². The third-order valence-corrected chi connectivity index (χ3v) is 8.47. The summed E-state index contributed by atoms with van der Waals surface area (Å²) in [4.78, 5) is 7.51. The zero-order valence-electron chi connectivity index (χ0n) is 18.3. The van der Waals surface area contributed by atoms with Crippen molar-refractivity contribution in [2.24, 2.45) is 0 Å². The molecule has 3 heteroatoms. The minimum absolute atomic E-state index is 0.0559. The van der Waals surface area contributed by atoms with E-state index in [1.165, 1.54) is 51.8 Å². The number of pyridine rings is 1. The maximum absolute atomic E-state index is 4.87. The molecule has 1 nitrogen and oxygen atoms in total. The Morgan fingerprint density at radius 3 is 2.19 bits per heavy atom. The van der Waals surface area contributed by atoms with Crippen LogP contribution >= 0.6 is 22.7 Å². The lowest BCUT2D eigenvalue weighted by atomic mass is 9.82. The van der Waals surface area contributed by atoms with Crippen molar-refractivity contribution in [1.82, 2.24) is 4.98 Å². The summed E-state index contributed by atoms with van der Waals surface area (Å²) in [7, 11) is 0. The maximum Gasteiger partial charge on any atom is 0.0789 e. The van der Waals surface area contributed by atoms with Crippen molar-refractivity contribution in [3.05, 3.63) is 90.6 Å². The van der Waals surface area contributed by atoms with Crippen LogP contribution in [0.25, 0.3) is 52.0 Å². The first-order chi connectivity index (χ1) is 15.5. The molecular weight excluding hydrogens is 426 g/mol. The quantitative estimate of drug-likeness (QED) is 0.257. The van der Waals surface area contributed by atoms with Gasteiger partial charge in [-0.1, -0.05) is 63.2 Å². The van der Waals surface area contributed by atoms with Crippen molar-refractivity contribution in [2.45, 2.75) is 26.2 Å². The number of hydrogen-bond acceptors (Lipinski definition) is 3. The van der Waals surface area contributed by atoms with Crippen molar-refractivity contribution in [3.8, 4) is 21.0 Å². The Kier molecular flexibility index (Phi) is 4.46. The first-order valence-electron chi connectivity index (χ1n) is 10.9. The van der Waals surface area contributed by atoms with Gasteiger partial charge in [0.1, 0.15) is 0 Å². The Labute approximate surface area is 196 Å². The Hall–Kier alpha value is -3.01. The average Bonchev–Trinajstić information content (AvgIpc) is 3.41. The Balaban J connectivity index is 1.56. The van der Waals surface area contributed by atoms with Crippen LogP contribution < -0.4 is 0 Å². The second kappa shape index (κ2) is 7.26. The summed E-state index contributed by atoms with van der Waals surface area (Å²) >= 11 is 3.72. The fourth-order valence-electron chi connectivity index (χ4n) is 4.49. The molecule has 0 fully saturated rings. The molecule has 0 spiro atoms. The lowest BCUT2D eigenvalue weighted by Gasteiger charge is -2.22. The highest BCUT2D eigenvalue weighted by molar-refractivity contribution is 7.28. The van der Waals surface area contributed by atoms with Crippen LogP contribution in [-0.4, -0.2) is 4.98 Å². The summed E-state index contributed by atoms with van der Waals surface area (Å²) in [5.41, 5.74) is 3.69. The van der Waals surface area contributed by atoms with Crippen LogP contribution in [0.1, 0.15) is 26.3 Å². The summed E-state index contributed by atoms with van der Waals surface area (Å²) in [6.45, 7) is 6.87. The van der Waals surface area contributed by atoms with Gasteiger partial charge in [-0.25, -0.2) is 0 Å². The van der Waals surface area contributed by atoms with Crippen LogP contribution in [0.4, 0.5) is 0 Å². The third-order valence-electron chi connectivity index (χ3n) is 6.06. The predicted molar refractivity (Wildman–Crippen MR) is 142 cm³/mol. The second-order valence-corrected chi connectivity index (χ2v) is 11.5. The van der Waals surface area contributed by atoms with Crippen LogP contribution in [0.3, 0.4) is 0 Å². The smallest absolute Gasteiger partial charge is 0.0789 e. The minimum Gasteiger partial charge on any atom is -0.256 e. The van der Waals surface area contributed by atoms with Gasteiger partial charge in [-0.2, -0.15) is 0 Å². The van der Waals surface area contributed by atoms with Crippen molar-refractivity contribution < 1.29 is 0 Å². The predicted octanol–water partition coefficient (Wildman–Crippen LogP) is 9.30. The first kappa shape index (κ1) is 19.7. The van der Waals surface area contributed by atoms with E-state index in [0.717, 1.165) is 5.69 Å². The van der Waals surface area contributed by atoms with Gasteiger partial charge in [0.25, 0.3) is 0 Å². The molecule has 0 N–H and O–H groups in total. The van der Waals surface area contributed by atoms with E-state index in [9.17, 15) is 0 Å². The summed E-state index contributed by atoms with van der Waals surface area (Å²) in [5, 5.41) is 5.15. The van der Waals surface area contributed by atoms with Gasteiger partial charge in [0.2, 0.25) is 0 Å². The Bertz CT molecular complexity index is 1580. The molecule has 6 aromatic rings. The molecule has 0 amide bonds. The number of hydrogen-bond donors (Lipinski definition) is 0. The molecule has 3 heterocycles. The summed E-state index contributed by atoms with van der Waals surface area (Å²) in [6, 6.07) is 28.7. The molecule has 6 rings (SSSR count). The normalized spacial score (nSPS) is 12.2. The van der Waals surface area contributed by atoms with Crippen molar-refractivity contribution in [3.63, 3.8) is 0 Å². The molecule has 0 atom stereocenters. The lowest BCUT2D eigenvalue weighted by Crippen LogP contribution is -2.12. The SMILES string of the molecule is CC(C)(C)c1cc(-c2nccc3sc(-c4cc5ccccc5s4)cc23)cc2ccccc12. The molecule has 0 saturated carbocycles. The van der Waals surface area contributed by atoms with Gasteiger partial charge in [0.15, 0.2) is 0 Å². The number of aromatic nitrogens is 1. The molecule has 0 aliphatic carbocycles. The zero-order chi connectivity index (χ0) is 21.9. The highest BCUT2D eigenvalue weighted by atomic mass is 32.1. The number of benzene rings is 3. The maximum atomic E-state index is 4.87. The fraction of sp³-hybridized carbons (Fsp3) is 0.138. The van der Waals surface area contributed by atoms with E-state index in [1.54, 1.807) is 0 Å². The van der Waals surface area contributed by atoms with Crippen LogP contribution in [-0.2, 0) is 5.41 Å². The average molecular weight is 450 g/mol. The van der Waals surface area contributed by atoms with Crippen LogP contribution in [0.15, 0.2) is 85.1 Å². The highest BCUT2D eigenvalue weighted by Gasteiger charge is 2.20. The molecule has 0 saturated heterocycles. The topological polar surface area (TPSA) is 12.9 Å². The monoisotopic (exact) mass is 449 g/mol. The van der Waals surface area contributed by atoms with E-state index in [-0.39, 0.29) is 5.41 Å². The van der Waals surface area contributed by atoms with Crippen molar-refractivity contribution in [2.75, 3.05) is 0 Å². The van der Waals surface area contributed by atoms with Crippen LogP contribution in [0, 0.1) is 0 Å². The summed E-state index contributed by atoms with van der Waals surface area (Å²) < 4.78 is 2.62. The van der Waals surface area contributed by atoms with E-state index in [2.05, 4.69) is 99.6 Å². The molecule has 0 aliphatic rings. The molecule has 156 valence electrons. The van der Waals surface area contributed by atoms with Crippen LogP contribution in [0.5, 0.6) is 0 Å². The molecule has 0 aliphatic heterocycles. The van der Waals surface area contributed by atoms with Gasteiger partial charge >= 0.3 is 0 Å². The van der Waals surface area contributed by atoms with Gasteiger partial charge in [-0.05, 0) is 63.5 Å². The van der Waals surface area contributed by atoms with Gasteiger partial charge in [0.05, 0.1) is 5.69 Å². The van der Waals surface area contributed by atoms with E-state index in [1.807, 2.05) is 28.9 Å². The molecule has 3 aromatic heterocycles. The van der Waals surface area contributed by atoms with Crippen molar-refractivity contribution in [1.29, 1.82) is 0 Å². The molecule has 0 radical (unpaired) electrons. The minimum atomic E-state index is 0.0559. The fourth-order valence-corrected chi connectivity index (χ4v) is 6.68. The number of fused-ring (bicyclic) bond motifs is 3. The molecule has 0 bridgehead atoms. The first-order valence-corrected chi connectivity index (χ1v) is 12.5. The standard InChI is InChI=1S/C29H23NS2/c1-29(2,3)23-15-20(14-18-8-4-6-10-21(18)23)28-22-17-27(32-25(22)12-13-30-28)26-16-19-9-5-7-11-24(19)31-26/h4-17H,1-3H3. The summed E-state index contributed by atoms with van der Waals surface area (Å²) in [5.74, 6) is 0. The van der Waals surface area contributed by atoms with Gasteiger partial charge in [-0.15, -0.1) is 22.7 Å². The Morgan fingerprint density at radius 1 is 0.656 bits per heavy atom. The second-order valence-electron chi connectivity index (χ2n) is 9.33. The lowest BCUT2D eigenvalue weighted by molar-refractivity contribution is 0.596. The number of rotatable bonds is 2. The van der Waals surface area contributed by atoms with E-state index in [0.29, 0.717) is 0 Å². The van der Waals surface area contributed by atoms with E-state index in [4.69, 9.17) is 4.98 Å². The number of thiophene rings is 2. The van der Waals surface area contributed by atoms with Crippen LogP contribution in [0.2, 0.25) is 0 Å².